The van der Waals surface area contributed by atoms with Gasteiger partial charge in [-0.15, -0.1) is 0 Å². The van der Waals surface area contributed by atoms with Crippen LogP contribution in [0.3, 0.4) is 0 Å². The summed E-state index contributed by atoms with van der Waals surface area (Å²) in [5.41, 5.74) is 11.8. The largest absolute Gasteiger partial charge is 0.384 e. The molecular formula is C24H19N5O. The highest BCUT2D eigenvalue weighted by Crippen LogP contribution is 2.27. The molecule has 0 aliphatic carbocycles. The van der Waals surface area contributed by atoms with E-state index in [1.54, 1.807) is 18.2 Å². The molecule has 0 radical (unpaired) electrons. The standard InChI is InChI=1S/C24H19N5O/c1-16-24(29-14-3-2-4-23(29)27-16)19-10-12-22(26)28-21(19)11-7-17-5-8-18(9-6-17)20(25)13-15-30/h2-6,8-10,12,14-15,25H,13H2,1H3,(H2,26,28). The molecule has 3 aromatic heterocycles. The van der Waals surface area contributed by atoms with Crippen molar-refractivity contribution in [3.63, 3.8) is 0 Å². The van der Waals surface area contributed by atoms with Gasteiger partial charge in [0.15, 0.2) is 0 Å². The summed E-state index contributed by atoms with van der Waals surface area (Å²) >= 11 is 0. The van der Waals surface area contributed by atoms with Gasteiger partial charge in [-0.25, -0.2) is 9.97 Å². The molecule has 1 aromatic carbocycles. The number of pyridine rings is 2. The highest BCUT2D eigenvalue weighted by molar-refractivity contribution is 6.04. The fourth-order valence-electron chi connectivity index (χ4n) is 3.29. The Morgan fingerprint density at radius 1 is 1.10 bits per heavy atom. The molecule has 6 heteroatoms. The topological polar surface area (TPSA) is 97.1 Å². The van der Waals surface area contributed by atoms with Crippen LogP contribution in [0.15, 0.2) is 60.8 Å². The number of hydrogen-bond acceptors (Lipinski definition) is 5. The number of carbonyl (C=O) groups excluding carboxylic acids is 1. The van der Waals surface area contributed by atoms with Crippen LogP contribution >= 0.6 is 0 Å². The first kappa shape index (κ1) is 19.1. The number of nitrogens with two attached hydrogens (primary N) is 1. The van der Waals surface area contributed by atoms with Crippen molar-refractivity contribution in [2.24, 2.45) is 0 Å². The Labute approximate surface area is 173 Å². The molecule has 0 amide bonds. The monoisotopic (exact) mass is 393 g/mol. The molecule has 146 valence electrons. The van der Waals surface area contributed by atoms with Gasteiger partial charge < -0.3 is 15.9 Å². The van der Waals surface area contributed by atoms with E-state index in [1.807, 2.05) is 53.9 Å². The van der Waals surface area contributed by atoms with Gasteiger partial charge in [0.2, 0.25) is 0 Å². The number of aromatic nitrogens is 3. The SMILES string of the molecule is Cc1nc2ccccn2c1-c1ccc(N)nc1C#Cc1ccc(C(=N)CC=O)cc1. The molecule has 0 aliphatic heterocycles. The number of benzene rings is 1. The van der Waals surface area contributed by atoms with Gasteiger partial charge in [0.1, 0.15) is 23.4 Å². The van der Waals surface area contributed by atoms with Gasteiger partial charge in [-0.1, -0.05) is 24.1 Å². The van der Waals surface area contributed by atoms with E-state index in [9.17, 15) is 4.79 Å². The van der Waals surface area contributed by atoms with Crippen LogP contribution in [0.4, 0.5) is 5.82 Å². The van der Waals surface area contributed by atoms with Crippen LogP contribution < -0.4 is 5.73 Å². The van der Waals surface area contributed by atoms with Crippen molar-refractivity contribution in [1.82, 2.24) is 14.4 Å². The van der Waals surface area contributed by atoms with Gasteiger partial charge in [-0.05, 0) is 54.8 Å². The van der Waals surface area contributed by atoms with Crippen LogP contribution in [-0.4, -0.2) is 26.4 Å². The number of nitrogen functional groups attached to an aromatic ring is 1. The number of anilines is 1. The average molecular weight is 393 g/mol. The quantitative estimate of drug-likeness (QED) is 0.314. The van der Waals surface area contributed by atoms with Gasteiger partial charge in [-0.3, -0.25) is 4.40 Å². The third-order valence-corrected chi connectivity index (χ3v) is 4.72. The lowest BCUT2D eigenvalue weighted by Crippen LogP contribution is -1.99. The number of carbonyl (C=O) groups is 1. The number of aryl methyl sites for hydroxylation is 1. The van der Waals surface area contributed by atoms with Crippen LogP contribution in [0.1, 0.15) is 28.9 Å². The number of rotatable bonds is 4. The number of imidazole rings is 1. The molecule has 30 heavy (non-hydrogen) atoms. The maximum atomic E-state index is 10.6. The highest BCUT2D eigenvalue weighted by Gasteiger charge is 2.14. The zero-order chi connectivity index (χ0) is 21.1. The number of hydrogen-bond donors (Lipinski definition) is 2. The van der Waals surface area contributed by atoms with Crippen LogP contribution in [0.5, 0.6) is 0 Å². The third-order valence-electron chi connectivity index (χ3n) is 4.72. The molecule has 0 spiro atoms. The van der Waals surface area contributed by atoms with Crippen molar-refractivity contribution >= 4 is 23.5 Å². The lowest BCUT2D eigenvalue weighted by molar-refractivity contribution is -0.106. The van der Waals surface area contributed by atoms with Crippen LogP contribution in [0.25, 0.3) is 16.9 Å². The first-order valence-electron chi connectivity index (χ1n) is 9.41. The van der Waals surface area contributed by atoms with Gasteiger partial charge in [0, 0.05) is 29.5 Å². The van der Waals surface area contributed by atoms with E-state index in [0.717, 1.165) is 34.4 Å². The summed E-state index contributed by atoms with van der Waals surface area (Å²) in [6, 6.07) is 16.8. The predicted molar refractivity (Wildman–Crippen MR) is 118 cm³/mol. The Bertz CT molecular complexity index is 1320. The molecule has 3 heterocycles. The third kappa shape index (κ3) is 3.69. The first-order chi connectivity index (χ1) is 14.6. The molecular weight excluding hydrogens is 374 g/mol. The summed E-state index contributed by atoms with van der Waals surface area (Å²) in [5.74, 6) is 6.65. The van der Waals surface area contributed by atoms with Crippen LogP contribution in [0, 0.1) is 24.2 Å². The molecule has 0 saturated carbocycles. The zero-order valence-corrected chi connectivity index (χ0v) is 16.4. The van der Waals surface area contributed by atoms with Crippen molar-refractivity contribution in [1.29, 1.82) is 5.41 Å². The second kappa shape index (κ2) is 8.02. The number of aldehydes is 1. The molecule has 4 aromatic rings. The second-order valence-corrected chi connectivity index (χ2v) is 6.78. The molecule has 0 fully saturated rings. The van der Waals surface area contributed by atoms with Gasteiger partial charge >= 0.3 is 0 Å². The summed E-state index contributed by atoms with van der Waals surface area (Å²) in [7, 11) is 0. The molecule has 6 nitrogen and oxygen atoms in total. The van der Waals surface area contributed by atoms with Crippen molar-refractivity contribution in [2.75, 3.05) is 5.73 Å². The molecule has 0 saturated heterocycles. The molecule has 4 rings (SSSR count). The Hall–Kier alpha value is -4.24. The Morgan fingerprint density at radius 3 is 2.67 bits per heavy atom. The predicted octanol–water partition coefficient (Wildman–Crippen LogP) is 3.64. The van der Waals surface area contributed by atoms with Crippen molar-refractivity contribution < 1.29 is 4.79 Å². The Kier molecular flexibility index (Phi) is 5.10. The van der Waals surface area contributed by atoms with E-state index in [0.29, 0.717) is 17.1 Å². The lowest BCUT2D eigenvalue weighted by atomic mass is 10.1. The minimum atomic E-state index is 0.0975. The summed E-state index contributed by atoms with van der Waals surface area (Å²) < 4.78 is 2.02. The molecule has 0 bridgehead atoms. The Morgan fingerprint density at radius 2 is 1.90 bits per heavy atom. The fourth-order valence-corrected chi connectivity index (χ4v) is 3.29. The van der Waals surface area contributed by atoms with E-state index in [1.165, 1.54) is 0 Å². The molecule has 0 aliphatic rings. The normalized spacial score (nSPS) is 10.4. The van der Waals surface area contributed by atoms with E-state index >= 15 is 0 Å². The minimum absolute atomic E-state index is 0.0975. The Balaban J connectivity index is 1.75. The summed E-state index contributed by atoms with van der Waals surface area (Å²) in [6.45, 7) is 1.96. The maximum Gasteiger partial charge on any atom is 0.137 e. The van der Waals surface area contributed by atoms with Crippen molar-refractivity contribution in [3.8, 4) is 23.1 Å². The van der Waals surface area contributed by atoms with Crippen LogP contribution in [0.2, 0.25) is 0 Å². The van der Waals surface area contributed by atoms with Crippen LogP contribution in [-0.2, 0) is 4.79 Å². The van der Waals surface area contributed by atoms with Crippen molar-refractivity contribution in [2.45, 2.75) is 13.3 Å². The zero-order valence-electron chi connectivity index (χ0n) is 16.4. The summed E-state index contributed by atoms with van der Waals surface area (Å²) in [5, 5.41) is 7.85. The summed E-state index contributed by atoms with van der Waals surface area (Å²) in [6.07, 6.45) is 2.79. The minimum Gasteiger partial charge on any atom is -0.384 e. The second-order valence-electron chi connectivity index (χ2n) is 6.78. The smallest absolute Gasteiger partial charge is 0.137 e. The van der Waals surface area contributed by atoms with Gasteiger partial charge in [0.25, 0.3) is 0 Å². The van der Waals surface area contributed by atoms with E-state index in [2.05, 4.69) is 21.8 Å². The lowest BCUT2D eigenvalue weighted by Gasteiger charge is -2.06. The molecule has 0 unspecified atom stereocenters. The van der Waals surface area contributed by atoms with E-state index < -0.39 is 0 Å². The first-order valence-corrected chi connectivity index (χ1v) is 9.41. The number of fused-ring (bicyclic) bond motifs is 1. The summed E-state index contributed by atoms with van der Waals surface area (Å²) in [4.78, 5) is 19.7. The number of nitrogens with zero attached hydrogens (tertiary/aromatic N) is 3. The average Bonchev–Trinajstić information content (AvgIpc) is 3.08. The number of nitrogens with one attached hydrogen (secondary N) is 1. The van der Waals surface area contributed by atoms with E-state index in [-0.39, 0.29) is 12.1 Å². The maximum absolute atomic E-state index is 10.6. The van der Waals surface area contributed by atoms with Crippen molar-refractivity contribution in [3.05, 3.63) is 83.3 Å². The van der Waals surface area contributed by atoms with Gasteiger partial charge in [-0.2, -0.15) is 0 Å². The molecule has 3 N–H and O–H groups in total. The highest BCUT2D eigenvalue weighted by atomic mass is 16.1. The molecule has 0 atom stereocenters. The fraction of sp³-hybridized carbons (Fsp3) is 0.0833. The van der Waals surface area contributed by atoms with E-state index in [4.69, 9.17) is 11.1 Å². The van der Waals surface area contributed by atoms with Gasteiger partial charge in [0.05, 0.1) is 11.4 Å².